The molecule has 0 aliphatic carbocycles. The highest BCUT2D eigenvalue weighted by atomic mass is 32.2. The molecule has 206 valence electrons. The smallest absolute Gasteiger partial charge is 0.408 e. The monoisotopic (exact) mass is 559 g/mol. The van der Waals surface area contributed by atoms with Gasteiger partial charge in [-0.2, -0.15) is 0 Å². The Kier molecular flexibility index (Phi) is 10.1. The first-order valence-electron chi connectivity index (χ1n) is 12.8. The summed E-state index contributed by atoms with van der Waals surface area (Å²) in [6, 6.07) is 24.3. The maximum atomic E-state index is 13.5. The van der Waals surface area contributed by atoms with E-state index in [1.54, 1.807) is 0 Å². The Morgan fingerprint density at radius 2 is 1.23 bits per heavy atom. The molecule has 1 aliphatic rings. The molecule has 0 spiro atoms. The van der Waals surface area contributed by atoms with Gasteiger partial charge in [-0.25, -0.2) is 4.79 Å². The minimum Gasteiger partial charge on any atom is -0.445 e. The number of amides is 3. The van der Waals surface area contributed by atoms with E-state index in [2.05, 4.69) is 16.0 Å². The number of nitrogens with one attached hydrogen (secondary N) is 3. The summed E-state index contributed by atoms with van der Waals surface area (Å²) in [4.78, 5) is 63.2. The number of carbonyl (C=O) groups is 5. The van der Waals surface area contributed by atoms with Gasteiger partial charge in [0.1, 0.15) is 24.7 Å². The molecule has 0 bridgehead atoms. The van der Waals surface area contributed by atoms with Crippen molar-refractivity contribution < 1.29 is 28.7 Å². The van der Waals surface area contributed by atoms with Crippen LogP contribution >= 0.6 is 11.8 Å². The van der Waals surface area contributed by atoms with Crippen molar-refractivity contribution in [2.45, 2.75) is 44.0 Å². The minimum absolute atomic E-state index is 0.0253. The number of rotatable bonds is 11. The Morgan fingerprint density at radius 1 is 0.725 bits per heavy atom. The van der Waals surface area contributed by atoms with E-state index < -0.39 is 41.1 Å². The molecule has 40 heavy (non-hydrogen) atoms. The van der Waals surface area contributed by atoms with Gasteiger partial charge in [0.15, 0.2) is 5.12 Å². The summed E-state index contributed by atoms with van der Waals surface area (Å²) >= 11 is 0.575. The lowest BCUT2D eigenvalue weighted by atomic mass is 10.0. The van der Waals surface area contributed by atoms with E-state index in [1.165, 1.54) is 0 Å². The van der Waals surface area contributed by atoms with Crippen molar-refractivity contribution in [1.82, 2.24) is 16.0 Å². The number of thioether (sulfide) groups is 1. The fourth-order valence-corrected chi connectivity index (χ4v) is 4.91. The summed E-state index contributed by atoms with van der Waals surface area (Å²) in [5.74, 6) is -1.20. The average molecular weight is 560 g/mol. The normalized spacial score (nSPS) is 16.1. The quantitative estimate of drug-likeness (QED) is 0.329. The predicted octanol–water partition coefficient (Wildman–Crippen LogP) is 2.93. The van der Waals surface area contributed by atoms with Gasteiger partial charge in [0.05, 0.1) is 0 Å². The van der Waals surface area contributed by atoms with Crippen LogP contribution in [0.1, 0.15) is 23.1 Å². The summed E-state index contributed by atoms with van der Waals surface area (Å²) in [7, 11) is 0. The van der Waals surface area contributed by atoms with Gasteiger partial charge in [-0.1, -0.05) is 91.0 Å². The average Bonchev–Trinajstić information content (AvgIpc) is 3.28. The third-order valence-corrected chi connectivity index (χ3v) is 7.09. The van der Waals surface area contributed by atoms with Crippen LogP contribution < -0.4 is 16.0 Å². The van der Waals surface area contributed by atoms with Crippen LogP contribution in [-0.4, -0.2) is 46.3 Å². The highest BCUT2D eigenvalue weighted by Crippen LogP contribution is 2.21. The van der Waals surface area contributed by atoms with Crippen LogP contribution in [0.25, 0.3) is 0 Å². The first-order chi connectivity index (χ1) is 19.4. The third kappa shape index (κ3) is 8.54. The molecular formula is C30H29N3O6S. The van der Waals surface area contributed by atoms with Crippen LogP contribution in [0.2, 0.25) is 0 Å². The largest absolute Gasteiger partial charge is 0.445 e. The van der Waals surface area contributed by atoms with Crippen molar-refractivity contribution in [2.75, 3.05) is 0 Å². The van der Waals surface area contributed by atoms with Crippen molar-refractivity contribution >= 4 is 39.9 Å². The summed E-state index contributed by atoms with van der Waals surface area (Å²) < 4.78 is 5.32. The third-order valence-electron chi connectivity index (χ3n) is 6.21. The summed E-state index contributed by atoms with van der Waals surface area (Å²) in [6.45, 7) is 0.0253. The van der Waals surface area contributed by atoms with Crippen molar-refractivity contribution in [1.29, 1.82) is 0 Å². The second-order valence-electron chi connectivity index (χ2n) is 9.26. The SMILES string of the molecule is O=C(N[C@@H](Cc1ccccc1)C(=O)N[C@@H](Cc1ccccc1)C(=O)N[C@H]1CC(=O)SC1=O)OCc1ccccc1. The van der Waals surface area contributed by atoms with E-state index in [-0.39, 0.29) is 31.0 Å². The Balaban J connectivity index is 1.48. The number of hydrogen-bond acceptors (Lipinski definition) is 7. The molecule has 3 aromatic carbocycles. The zero-order chi connectivity index (χ0) is 28.3. The van der Waals surface area contributed by atoms with Gasteiger partial charge < -0.3 is 20.7 Å². The Hall–Kier alpha value is -4.44. The molecular weight excluding hydrogens is 530 g/mol. The van der Waals surface area contributed by atoms with Crippen LogP contribution in [0.15, 0.2) is 91.0 Å². The fourth-order valence-electron chi connectivity index (χ4n) is 4.15. The number of alkyl carbamates (subject to hydrolysis) is 1. The molecule has 1 heterocycles. The summed E-state index contributed by atoms with van der Waals surface area (Å²) in [5, 5.41) is 7.20. The van der Waals surface area contributed by atoms with Gasteiger partial charge in [0.25, 0.3) is 0 Å². The van der Waals surface area contributed by atoms with E-state index >= 15 is 0 Å². The van der Waals surface area contributed by atoms with Gasteiger partial charge in [-0.05, 0) is 28.5 Å². The maximum Gasteiger partial charge on any atom is 0.408 e. The van der Waals surface area contributed by atoms with Crippen LogP contribution in [0.4, 0.5) is 4.79 Å². The van der Waals surface area contributed by atoms with Crippen LogP contribution in [0.5, 0.6) is 0 Å². The van der Waals surface area contributed by atoms with Gasteiger partial charge >= 0.3 is 6.09 Å². The van der Waals surface area contributed by atoms with Crippen LogP contribution in [0.3, 0.4) is 0 Å². The van der Waals surface area contributed by atoms with Crippen molar-refractivity contribution in [3.8, 4) is 0 Å². The first kappa shape index (κ1) is 28.6. The first-order valence-corrected chi connectivity index (χ1v) is 13.6. The Labute approximate surface area is 236 Å². The molecule has 9 nitrogen and oxygen atoms in total. The van der Waals surface area contributed by atoms with E-state index in [0.29, 0.717) is 11.8 Å². The molecule has 0 aromatic heterocycles. The van der Waals surface area contributed by atoms with E-state index in [1.807, 2.05) is 91.0 Å². The topological polar surface area (TPSA) is 131 Å². The lowest BCUT2D eigenvalue weighted by Crippen LogP contribution is -2.56. The van der Waals surface area contributed by atoms with E-state index in [4.69, 9.17) is 4.74 Å². The summed E-state index contributed by atoms with van der Waals surface area (Å²) in [5.41, 5.74) is 2.36. The Morgan fingerprint density at radius 3 is 1.73 bits per heavy atom. The maximum absolute atomic E-state index is 13.5. The molecule has 1 saturated heterocycles. The van der Waals surface area contributed by atoms with E-state index in [9.17, 15) is 24.0 Å². The Bertz CT molecular complexity index is 1340. The molecule has 3 N–H and O–H groups in total. The van der Waals surface area contributed by atoms with Gasteiger partial charge in [-0.15, -0.1) is 0 Å². The van der Waals surface area contributed by atoms with Gasteiger partial charge in [0.2, 0.25) is 16.9 Å². The van der Waals surface area contributed by atoms with Gasteiger partial charge in [0, 0.05) is 19.3 Å². The molecule has 3 amide bonds. The lowest BCUT2D eigenvalue weighted by Gasteiger charge is -2.24. The molecule has 0 saturated carbocycles. The highest BCUT2D eigenvalue weighted by molar-refractivity contribution is 8.26. The van der Waals surface area contributed by atoms with Gasteiger partial charge in [-0.3, -0.25) is 19.2 Å². The number of hydrogen-bond donors (Lipinski definition) is 3. The molecule has 3 atom stereocenters. The second-order valence-corrected chi connectivity index (χ2v) is 10.3. The molecule has 10 heteroatoms. The minimum atomic E-state index is -1.07. The molecule has 4 rings (SSSR count). The lowest BCUT2D eigenvalue weighted by molar-refractivity contribution is -0.131. The molecule has 0 radical (unpaired) electrons. The van der Waals surface area contributed by atoms with Crippen molar-refractivity contribution in [3.63, 3.8) is 0 Å². The summed E-state index contributed by atoms with van der Waals surface area (Å²) in [6.07, 6.45) is -0.598. The molecule has 3 aromatic rings. The zero-order valence-corrected chi connectivity index (χ0v) is 22.4. The van der Waals surface area contributed by atoms with Crippen molar-refractivity contribution in [3.05, 3.63) is 108 Å². The fraction of sp³-hybridized carbons (Fsp3) is 0.233. The predicted molar refractivity (Wildman–Crippen MR) is 150 cm³/mol. The molecule has 1 aliphatic heterocycles. The standard InChI is InChI=1S/C30H29N3O6S/c34-26-18-25(29(37)40-26)32-27(35)23(16-20-10-4-1-5-11-20)31-28(36)24(17-21-12-6-2-7-13-21)33-30(38)39-19-22-14-8-3-9-15-22/h1-15,23-25H,16-19H2,(H,31,36)(H,32,35)(H,33,38)/t23-,24-,25-/m0/s1. The number of ether oxygens (including phenoxy) is 1. The van der Waals surface area contributed by atoms with Crippen LogP contribution in [0, 0.1) is 0 Å². The molecule has 1 fully saturated rings. The van der Waals surface area contributed by atoms with Crippen molar-refractivity contribution in [2.24, 2.45) is 0 Å². The zero-order valence-electron chi connectivity index (χ0n) is 21.6. The number of benzene rings is 3. The molecule has 0 unspecified atom stereocenters. The van der Waals surface area contributed by atoms with Crippen LogP contribution in [-0.2, 0) is 43.4 Å². The highest BCUT2D eigenvalue weighted by Gasteiger charge is 2.35. The number of carbonyl (C=O) groups excluding carboxylic acids is 5. The second kappa shape index (κ2) is 14.1. The van der Waals surface area contributed by atoms with E-state index in [0.717, 1.165) is 16.7 Å².